The van der Waals surface area contributed by atoms with E-state index in [4.69, 9.17) is 5.73 Å². The third-order valence-corrected chi connectivity index (χ3v) is 4.48. The Morgan fingerprint density at radius 3 is 2.65 bits per heavy atom. The second-order valence-corrected chi connectivity index (χ2v) is 6.56. The monoisotopic (exact) mass is 342 g/mol. The van der Waals surface area contributed by atoms with E-state index in [1.165, 1.54) is 0 Å². The Balaban J connectivity index is 1.57. The lowest BCUT2D eigenvalue weighted by Crippen LogP contribution is -2.43. The average Bonchev–Trinajstić information content (AvgIpc) is 3.06. The number of nitrogens with two attached hydrogens (primary N) is 1. The maximum Gasteiger partial charge on any atom is 0.209 e. The lowest BCUT2D eigenvalue weighted by atomic mass is 9.97. The summed E-state index contributed by atoms with van der Waals surface area (Å²) in [5.41, 5.74) is 7.91. The van der Waals surface area contributed by atoms with Gasteiger partial charge >= 0.3 is 0 Å². The minimum Gasteiger partial charge on any atom is -0.296 e. The van der Waals surface area contributed by atoms with Gasteiger partial charge in [0.15, 0.2) is 5.78 Å². The van der Waals surface area contributed by atoms with Gasteiger partial charge in [0.25, 0.3) is 0 Å². The highest BCUT2D eigenvalue weighted by atomic mass is 16.1. The predicted molar refractivity (Wildman–Crippen MR) is 101 cm³/mol. The smallest absolute Gasteiger partial charge is 0.209 e. The van der Waals surface area contributed by atoms with Crippen molar-refractivity contribution in [2.24, 2.45) is 16.0 Å². The van der Waals surface area contributed by atoms with Gasteiger partial charge in [0.05, 0.1) is 5.69 Å². The summed E-state index contributed by atoms with van der Waals surface area (Å²) in [6.07, 6.45) is 3.54. The number of ketones is 1. The minimum atomic E-state index is -1.44. The molecule has 0 spiro atoms. The number of rotatable bonds is 4. The molecule has 2 N–H and O–H groups in total. The minimum absolute atomic E-state index is 0.196. The molecule has 0 aliphatic carbocycles. The Kier molecular flexibility index (Phi) is 3.93. The highest BCUT2D eigenvalue weighted by Gasteiger charge is 2.36. The van der Waals surface area contributed by atoms with Crippen LogP contribution in [-0.2, 0) is 11.2 Å². The Morgan fingerprint density at radius 2 is 1.88 bits per heavy atom. The molecule has 1 aliphatic heterocycles. The van der Waals surface area contributed by atoms with Crippen LogP contribution in [0.25, 0.3) is 16.5 Å². The van der Waals surface area contributed by atoms with Crippen molar-refractivity contribution < 1.29 is 4.79 Å². The number of carbonyl (C=O) groups excluding carboxylic acids is 1. The molecule has 1 unspecified atom stereocenters. The molecule has 1 aliphatic rings. The summed E-state index contributed by atoms with van der Waals surface area (Å²) in [5, 5.41) is 10.3. The third kappa shape index (κ3) is 3.05. The van der Waals surface area contributed by atoms with Gasteiger partial charge in [-0.05, 0) is 41.0 Å². The van der Waals surface area contributed by atoms with Crippen molar-refractivity contribution >= 4 is 22.3 Å². The molecule has 3 aromatic rings. The van der Waals surface area contributed by atoms with Crippen LogP contribution < -0.4 is 5.73 Å². The van der Waals surface area contributed by atoms with Crippen molar-refractivity contribution in [3.8, 4) is 0 Å². The van der Waals surface area contributed by atoms with Crippen LogP contribution in [0.15, 0.2) is 77.1 Å². The van der Waals surface area contributed by atoms with Crippen molar-refractivity contribution in [3.05, 3.63) is 83.7 Å². The Labute approximate surface area is 151 Å². The van der Waals surface area contributed by atoms with E-state index in [1.807, 2.05) is 61.5 Å². The number of azo groups is 1. The molecule has 2 aromatic carbocycles. The van der Waals surface area contributed by atoms with Gasteiger partial charge in [0, 0.05) is 12.6 Å². The van der Waals surface area contributed by atoms with Crippen LogP contribution in [0.3, 0.4) is 0 Å². The van der Waals surface area contributed by atoms with Gasteiger partial charge in [-0.3, -0.25) is 15.5 Å². The maximum atomic E-state index is 12.8. The second kappa shape index (κ2) is 6.28. The molecule has 0 saturated carbocycles. The zero-order valence-electron chi connectivity index (χ0n) is 14.4. The fourth-order valence-corrected chi connectivity index (χ4v) is 2.96. The molecule has 0 saturated heterocycles. The van der Waals surface area contributed by atoms with E-state index in [2.05, 4.69) is 15.2 Å². The summed E-state index contributed by atoms with van der Waals surface area (Å²) in [7, 11) is 0. The first-order valence-corrected chi connectivity index (χ1v) is 8.42. The van der Waals surface area contributed by atoms with E-state index in [9.17, 15) is 4.79 Å². The molecular weight excluding hydrogens is 324 g/mol. The van der Waals surface area contributed by atoms with E-state index in [-0.39, 0.29) is 12.2 Å². The van der Waals surface area contributed by atoms with Gasteiger partial charge in [-0.1, -0.05) is 48.5 Å². The van der Waals surface area contributed by atoms with Crippen LogP contribution in [0.1, 0.15) is 16.8 Å². The lowest BCUT2D eigenvalue weighted by Gasteiger charge is -2.15. The van der Waals surface area contributed by atoms with Crippen LogP contribution in [0.4, 0.5) is 0 Å². The summed E-state index contributed by atoms with van der Waals surface area (Å²) < 4.78 is 0. The molecule has 5 heteroatoms. The zero-order chi connectivity index (χ0) is 18.1. The van der Waals surface area contributed by atoms with Crippen molar-refractivity contribution in [2.75, 3.05) is 0 Å². The van der Waals surface area contributed by atoms with E-state index in [0.29, 0.717) is 11.4 Å². The molecule has 0 fully saturated rings. The second-order valence-electron chi connectivity index (χ2n) is 6.56. The van der Waals surface area contributed by atoms with Crippen LogP contribution in [0.5, 0.6) is 0 Å². The molecule has 5 nitrogen and oxygen atoms in total. The third-order valence-electron chi connectivity index (χ3n) is 4.48. The molecule has 0 bridgehead atoms. The highest BCUT2D eigenvalue weighted by molar-refractivity contribution is 5.95. The standard InChI is InChI=1S/C21H18N4O/c1-14-6-9-18(23-13-14)19-12-21(22,25-24-19)20(26)11-15-7-8-16-4-2-3-5-17(16)10-15/h2-10,12-13H,11,22H2,1H3. The number of hydrogen-bond donors (Lipinski definition) is 1. The number of aryl methyl sites for hydroxylation is 1. The van der Waals surface area contributed by atoms with E-state index < -0.39 is 5.66 Å². The number of hydrogen-bond acceptors (Lipinski definition) is 5. The van der Waals surface area contributed by atoms with E-state index in [1.54, 1.807) is 12.3 Å². The van der Waals surface area contributed by atoms with Crippen molar-refractivity contribution in [1.29, 1.82) is 0 Å². The summed E-state index contributed by atoms with van der Waals surface area (Å²) in [4.78, 5) is 17.1. The molecule has 0 amide bonds. The molecule has 26 heavy (non-hydrogen) atoms. The number of carbonyl (C=O) groups is 1. The zero-order valence-corrected chi connectivity index (χ0v) is 14.4. The van der Waals surface area contributed by atoms with Gasteiger partial charge in [-0.15, -0.1) is 0 Å². The number of benzene rings is 2. The maximum absolute atomic E-state index is 12.8. The van der Waals surface area contributed by atoms with E-state index in [0.717, 1.165) is 21.9 Å². The first-order valence-electron chi connectivity index (χ1n) is 8.42. The Bertz CT molecular complexity index is 1050. The summed E-state index contributed by atoms with van der Waals surface area (Å²) in [6, 6.07) is 17.8. The first kappa shape index (κ1) is 16.3. The molecule has 4 rings (SSSR count). The van der Waals surface area contributed by atoms with Crippen LogP contribution >= 0.6 is 0 Å². The fraction of sp³-hybridized carbons (Fsp3) is 0.143. The summed E-state index contributed by atoms with van der Waals surface area (Å²) in [6.45, 7) is 1.96. The van der Waals surface area contributed by atoms with Gasteiger partial charge in [0.2, 0.25) is 5.66 Å². The van der Waals surface area contributed by atoms with Crippen LogP contribution in [0.2, 0.25) is 0 Å². The number of Topliss-reactive ketones (excluding diaryl/α,β-unsaturated/α-hetero) is 1. The first-order chi connectivity index (χ1) is 12.5. The number of nitrogens with zero attached hydrogens (tertiary/aromatic N) is 3. The normalized spacial score (nSPS) is 18.9. The van der Waals surface area contributed by atoms with Gasteiger partial charge in [-0.25, -0.2) is 0 Å². The fourth-order valence-electron chi connectivity index (χ4n) is 2.96. The quantitative estimate of drug-likeness (QED) is 0.782. The molecule has 1 atom stereocenters. The number of aromatic nitrogens is 1. The largest absolute Gasteiger partial charge is 0.296 e. The summed E-state index contributed by atoms with van der Waals surface area (Å²) >= 11 is 0. The molecule has 128 valence electrons. The molecule has 0 radical (unpaired) electrons. The Hall–Kier alpha value is -3.18. The lowest BCUT2D eigenvalue weighted by molar-refractivity contribution is -0.121. The van der Waals surface area contributed by atoms with Crippen LogP contribution in [0, 0.1) is 6.92 Å². The molecule has 2 heterocycles. The molecular formula is C21H18N4O. The van der Waals surface area contributed by atoms with E-state index >= 15 is 0 Å². The van der Waals surface area contributed by atoms with Gasteiger partial charge < -0.3 is 0 Å². The number of fused-ring (bicyclic) bond motifs is 1. The average molecular weight is 342 g/mol. The SMILES string of the molecule is Cc1ccc(C2=CC(N)(C(=O)Cc3ccc4ccccc4c3)N=N2)nc1. The highest BCUT2D eigenvalue weighted by Crippen LogP contribution is 2.28. The van der Waals surface area contributed by atoms with Gasteiger partial charge in [-0.2, -0.15) is 10.2 Å². The molecule has 1 aromatic heterocycles. The van der Waals surface area contributed by atoms with Crippen molar-refractivity contribution in [3.63, 3.8) is 0 Å². The number of pyridine rings is 1. The van der Waals surface area contributed by atoms with Crippen LogP contribution in [-0.4, -0.2) is 16.4 Å². The van der Waals surface area contributed by atoms with Gasteiger partial charge in [0.1, 0.15) is 5.70 Å². The Morgan fingerprint density at radius 1 is 1.08 bits per heavy atom. The van der Waals surface area contributed by atoms with Crippen molar-refractivity contribution in [2.45, 2.75) is 19.0 Å². The predicted octanol–water partition coefficient (Wildman–Crippen LogP) is 3.82. The van der Waals surface area contributed by atoms with Crippen molar-refractivity contribution in [1.82, 2.24) is 4.98 Å². The topological polar surface area (TPSA) is 80.7 Å². The summed E-state index contributed by atoms with van der Waals surface area (Å²) in [5.74, 6) is -0.196.